The maximum atomic E-state index is 11.5. The van der Waals surface area contributed by atoms with Gasteiger partial charge in [0.1, 0.15) is 11.7 Å². The second-order valence-electron chi connectivity index (χ2n) is 3.21. The van der Waals surface area contributed by atoms with Crippen LogP contribution in [-0.2, 0) is 9.59 Å². The highest BCUT2D eigenvalue weighted by Crippen LogP contribution is 2.08. The van der Waals surface area contributed by atoms with Crippen molar-refractivity contribution >= 4 is 29.2 Å². The lowest BCUT2D eigenvalue weighted by atomic mass is 10.2. The Morgan fingerprint density at radius 2 is 2.12 bits per heavy atom. The maximum absolute atomic E-state index is 11.5. The van der Waals surface area contributed by atoms with E-state index in [0.29, 0.717) is 5.01 Å². The highest BCUT2D eigenvalue weighted by atomic mass is 32.1. The number of carboxylic acid groups (broad SMARTS) is 2. The Hall–Kier alpha value is -1.96. The number of aliphatic carboxylic acids is 2. The molecule has 0 aliphatic heterocycles. The lowest BCUT2D eigenvalue weighted by Crippen LogP contribution is -2.42. The molecule has 92 valence electrons. The van der Waals surface area contributed by atoms with Crippen LogP contribution in [0.25, 0.3) is 0 Å². The van der Waals surface area contributed by atoms with E-state index in [4.69, 9.17) is 10.2 Å². The van der Waals surface area contributed by atoms with Gasteiger partial charge in [0.15, 0.2) is 0 Å². The van der Waals surface area contributed by atoms with Crippen molar-refractivity contribution in [2.45, 2.75) is 19.4 Å². The zero-order chi connectivity index (χ0) is 13.0. The smallest absolute Gasteiger partial charge is 0.326 e. The SMILES string of the molecule is Cc1nc(C(=O)N[C@H](CC(=O)O)C(=O)O)cs1. The molecule has 1 rings (SSSR count). The van der Waals surface area contributed by atoms with Crippen LogP contribution in [0, 0.1) is 6.92 Å². The van der Waals surface area contributed by atoms with E-state index >= 15 is 0 Å². The van der Waals surface area contributed by atoms with Gasteiger partial charge in [0, 0.05) is 5.38 Å². The summed E-state index contributed by atoms with van der Waals surface area (Å²) in [7, 11) is 0. The average Bonchev–Trinajstić information content (AvgIpc) is 2.63. The second kappa shape index (κ2) is 5.39. The summed E-state index contributed by atoms with van der Waals surface area (Å²) in [6.45, 7) is 1.70. The quantitative estimate of drug-likeness (QED) is 0.690. The molecule has 8 heteroatoms. The van der Waals surface area contributed by atoms with E-state index in [9.17, 15) is 14.4 Å². The number of nitrogens with one attached hydrogen (secondary N) is 1. The first-order chi connectivity index (χ1) is 7.90. The molecule has 0 saturated heterocycles. The first-order valence-corrected chi connectivity index (χ1v) is 5.45. The molecule has 0 radical (unpaired) electrons. The van der Waals surface area contributed by atoms with Gasteiger partial charge >= 0.3 is 11.9 Å². The Kier molecular flexibility index (Phi) is 4.16. The van der Waals surface area contributed by atoms with Gasteiger partial charge in [0.2, 0.25) is 0 Å². The minimum atomic E-state index is -1.46. The fourth-order valence-corrected chi connectivity index (χ4v) is 1.67. The summed E-state index contributed by atoms with van der Waals surface area (Å²) in [5.41, 5.74) is 0.0872. The molecule has 17 heavy (non-hydrogen) atoms. The molecular weight excluding hydrogens is 248 g/mol. The van der Waals surface area contributed by atoms with Gasteiger partial charge in [-0.1, -0.05) is 0 Å². The molecule has 1 amide bonds. The van der Waals surface area contributed by atoms with Crippen molar-refractivity contribution in [3.05, 3.63) is 16.1 Å². The van der Waals surface area contributed by atoms with E-state index in [1.807, 2.05) is 0 Å². The van der Waals surface area contributed by atoms with Crippen LogP contribution in [0.3, 0.4) is 0 Å². The van der Waals surface area contributed by atoms with Crippen molar-refractivity contribution in [2.75, 3.05) is 0 Å². The largest absolute Gasteiger partial charge is 0.481 e. The molecule has 0 aliphatic rings. The predicted molar refractivity (Wildman–Crippen MR) is 58.0 cm³/mol. The number of hydrogen-bond acceptors (Lipinski definition) is 5. The number of aryl methyl sites for hydroxylation is 1. The standard InChI is InChI=1S/C9H10N2O5S/c1-4-10-6(3-17-4)8(14)11-5(9(15)16)2-7(12)13/h3,5H,2H2,1H3,(H,11,14)(H,12,13)(H,15,16)/t5-/m1/s1. The van der Waals surface area contributed by atoms with Crippen LogP contribution >= 0.6 is 11.3 Å². The van der Waals surface area contributed by atoms with E-state index < -0.39 is 30.3 Å². The third kappa shape index (κ3) is 3.83. The summed E-state index contributed by atoms with van der Waals surface area (Å²) >= 11 is 1.25. The lowest BCUT2D eigenvalue weighted by Gasteiger charge is -2.10. The minimum absolute atomic E-state index is 0.0872. The summed E-state index contributed by atoms with van der Waals surface area (Å²) in [5.74, 6) is -3.39. The molecule has 7 nitrogen and oxygen atoms in total. The molecule has 1 aromatic rings. The fraction of sp³-hybridized carbons (Fsp3) is 0.333. The molecular formula is C9H10N2O5S. The van der Waals surface area contributed by atoms with Crippen LogP contribution in [0.2, 0.25) is 0 Å². The molecule has 1 atom stereocenters. The van der Waals surface area contributed by atoms with Crippen LogP contribution in [0.15, 0.2) is 5.38 Å². The second-order valence-corrected chi connectivity index (χ2v) is 4.28. The van der Waals surface area contributed by atoms with Gasteiger partial charge in [-0.15, -0.1) is 11.3 Å². The number of amides is 1. The number of rotatable bonds is 5. The van der Waals surface area contributed by atoms with Crippen molar-refractivity contribution in [1.82, 2.24) is 10.3 Å². The van der Waals surface area contributed by atoms with Gasteiger partial charge in [0.25, 0.3) is 5.91 Å². The molecule has 0 aromatic carbocycles. The highest BCUT2D eigenvalue weighted by molar-refractivity contribution is 7.09. The fourth-order valence-electron chi connectivity index (χ4n) is 1.07. The van der Waals surface area contributed by atoms with Gasteiger partial charge in [-0.2, -0.15) is 0 Å². The van der Waals surface area contributed by atoms with Gasteiger partial charge < -0.3 is 15.5 Å². The zero-order valence-electron chi connectivity index (χ0n) is 8.84. The monoisotopic (exact) mass is 258 g/mol. The minimum Gasteiger partial charge on any atom is -0.481 e. The number of aromatic nitrogens is 1. The van der Waals surface area contributed by atoms with Crippen molar-refractivity contribution in [3.63, 3.8) is 0 Å². The number of hydrogen-bond donors (Lipinski definition) is 3. The summed E-state index contributed by atoms with van der Waals surface area (Å²) in [4.78, 5) is 36.5. The molecule has 0 spiro atoms. The number of thiazole rings is 1. The molecule has 0 fully saturated rings. The third-order valence-corrected chi connectivity index (χ3v) is 2.61. The Balaban J connectivity index is 2.70. The van der Waals surface area contributed by atoms with Crippen LogP contribution in [0.4, 0.5) is 0 Å². The Morgan fingerprint density at radius 1 is 1.47 bits per heavy atom. The van der Waals surface area contributed by atoms with E-state index in [0.717, 1.165) is 0 Å². The molecule has 3 N–H and O–H groups in total. The number of carbonyl (C=O) groups is 3. The highest BCUT2D eigenvalue weighted by Gasteiger charge is 2.24. The summed E-state index contributed by atoms with van der Waals surface area (Å²) < 4.78 is 0. The van der Waals surface area contributed by atoms with Gasteiger partial charge in [-0.05, 0) is 6.92 Å². The molecule has 0 bridgehead atoms. The summed E-state index contributed by atoms with van der Waals surface area (Å²) in [6, 6.07) is -1.46. The third-order valence-electron chi connectivity index (χ3n) is 1.83. The van der Waals surface area contributed by atoms with E-state index in [1.54, 1.807) is 6.92 Å². The number of carbonyl (C=O) groups excluding carboxylic acids is 1. The topological polar surface area (TPSA) is 117 Å². The first-order valence-electron chi connectivity index (χ1n) is 4.57. The molecule has 0 unspecified atom stereocenters. The Bertz CT molecular complexity index is 456. The Morgan fingerprint density at radius 3 is 2.53 bits per heavy atom. The van der Waals surface area contributed by atoms with Crippen molar-refractivity contribution < 1.29 is 24.6 Å². The molecule has 1 aromatic heterocycles. The van der Waals surface area contributed by atoms with Gasteiger partial charge in [-0.25, -0.2) is 9.78 Å². The van der Waals surface area contributed by atoms with E-state index in [2.05, 4.69) is 10.3 Å². The number of carboxylic acids is 2. The van der Waals surface area contributed by atoms with E-state index in [1.165, 1.54) is 16.7 Å². The van der Waals surface area contributed by atoms with Crippen LogP contribution in [0.1, 0.15) is 21.9 Å². The lowest BCUT2D eigenvalue weighted by molar-refractivity contribution is -0.145. The average molecular weight is 258 g/mol. The zero-order valence-corrected chi connectivity index (χ0v) is 9.65. The maximum Gasteiger partial charge on any atom is 0.326 e. The van der Waals surface area contributed by atoms with Gasteiger partial charge in [-0.3, -0.25) is 9.59 Å². The normalized spacial score (nSPS) is 11.8. The van der Waals surface area contributed by atoms with Crippen molar-refractivity contribution in [3.8, 4) is 0 Å². The molecule has 0 saturated carbocycles. The Labute approximate surface area is 100 Å². The van der Waals surface area contributed by atoms with Crippen LogP contribution in [0.5, 0.6) is 0 Å². The van der Waals surface area contributed by atoms with E-state index in [-0.39, 0.29) is 5.69 Å². The summed E-state index contributed by atoms with van der Waals surface area (Å²) in [6.07, 6.45) is -0.676. The number of nitrogens with zero attached hydrogens (tertiary/aromatic N) is 1. The van der Waals surface area contributed by atoms with Crippen molar-refractivity contribution in [2.24, 2.45) is 0 Å². The first kappa shape index (κ1) is 13.1. The van der Waals surface area contributed by atoms with Crippen LogP contribution < -0.4 is 5.32 Å². The molecule has 0 aliphatic carbocycles. The van der Waals surface area contributed by atoms with Crippen LogP contribution in [-0.4, -0.2) is 39.1 Å². The predicted octanol–water partition coefficient (Wildman–Crippen LogP) is 0.109. The summed E-state index contributed by atoms with van der Waals surface area (Å²) in [5, 5.41) is 21.5. The molecule has 1 heterocycles. The van der Waals surface area contributed by atoms with Gasteiger partial charge in [0.05, 0.1) is 11.4 Å². The van der Waals surface area contributed by atoms with Crippen molar-refractivity contribution in [1.29, 1.82) is 0 Å².